The highest BCUT2D eigenvalue weighted by Crippen LogP contribution is 2.26. The molecule has 2 saturated heterocycles. The number of carbonyl (C=O) groups excluding carboxylic acids is 2. The average Bonchev–Trinajstić information content (AvgIpc) is 3.18. The van der Waals surface area contributed by atoms with Crippen molar-refractivity contribution >= 4 is 23.4 Å². The van der Waals surface area contributed by atoms with Crippen LogP contribution < -0.4 is 10.2 Å². The first kappa shape index (κ1) is 18.5. The van der Waals surface area contributed by atoms with Gasteiger partial charge in [-0.1, -0.05) is 0 Å². The van der Waals surface area contributed by atoms with E-state index in [1.54, 1.807) is 11.8 Å². The standard InChI is InChI=1S/C20H29N3O3/c1-3-26-20(25)23-12-6-7-16(14-23)19(24)21-18-9-8-17(13-15(18)2)22-10-4-5-11-22/h8-9,13,16H,3-7,10-12,14H2,1-2H3,(H,21,24). The Hall–Kier alpha value is -2.24. The molecular formula is C20H29N3O3. The lowest BCUT2D eigenvalue weighted by atomic mass is 9.97. The van der Waals surface area contributed by atoms with Crippen LogP contribution in [0.15, 0.2) is 18.2 Å². The zero-order chi connectivity index (χ0) is 18.5. The van der Waals surface area contributed by atoms with Gasteiger partial charge in [0.15, 0.2) is 0 Å². The molecule has 1 unspecified atom stereocenters. The Bertz CT molecular complexity index is 656. The van der Waals surface area contributed by atoms with E-state index >= 15 is 0 Å². The smallest absolute Gasteiger partial charge is 0.409 e. The molecule has 1 aromatic rings. The number of carbonyl (C=O) groups is 2. The van der Waals surface area contributed by atoms with E-state index in [9.17, 15) is 9.59 Å². The zero-order valence-corrected chi connectivity index (χ0v) is 15.8. The number of nitrogens with one attached hydrogen (secondary N) is 1. The molecule has 6 nitrogen and oxygen atoms in total. The Morgan fingerprint density at radius 2 is 1.96 bits per heavy atom. The molecular weight excluding hydrogens is 330 g/mol. The quantitative estimate of drug-likeness (QED) is 0.895. The van der Waals surface area contributed by atoms with Crippen LogP contribution in [0.4, 0.5) is 16.2 Å². The molecule has 6 heteroatoms. The van der Waals surface area contributed by atoms with Crippen molar-refractivity contribution in [1.82, 2.24) is 4.90 Å². The Morgan fingerprint density at radius 1 is 1.19 bits per heavy atom. The first-order chi connectivity index (χ1) is 12.6. The molecule has 142 valence electrons. The second kappa shape index (κ2) is 8.43. The van der Waals surface area contributed by atoms with Crippen LogP contribution in [-0.2, 0) is 9.53 Å². The van der Waals surface area contributed by atoms with E-state index in [-0.39, 0.29) is 17.9 Å². The van der Waals surface area contributed by atoms with Gasteiger partial charge in [0.1, 0.15) is 0 Å². The number of amides is 2. The number of anilines is 2. The molecule has 2 fully saturated rings. The van der Waals surface area contributed by atoms with E-state index in [1.165, 1.54) is 18.5 Å². The molecule has 2 aliphatic rings. The van der Waals surface area contributed by atoms with Gasteiger partial charge in [-0.05, 0) is 63.3 Å². The summed E-state index contributed by atoms with van der Waals surface area (Å²) in [6.45, 7) is 7.48. The molecule has 0 saturated carbocycles. The Labute approximate surface area is 155 Å². The van der Waals surface area contributed by atoms with Crippen LogP contribution in [0.25, 0.3) is 0 Å². The van der Waals surface area contributed by atoms with E-state index in [0.717, 1.165) is 37.2 Å². The largest absolute Gasteiger partial charge is 0.450 e. The monoisotopic (exact) mass is 359 g/mol. The van der Waals surface area contributed by atoms with Gasteiger partial charge in [0.2, 0.25) is 5.91 Å². The normalized spacial score (nSPS) is 20.2. The van der Waals surface area contributed by atoms with Crippen molar-refractivity contribution in [3.63, 3.8) is 0 Å². The fourth-order valence-electron chi connectivity index (χ4n) is 3.77. The van der Waals surface area contributed by atoms with E-state index in [1.807, 2.05) is 13.0 Å². The Morgan fingerprint density at radius 3 is 2.65 bits per heavy atom. The average molecular weight is 359 g/mol. The van der Waals surface area contributed by atoms with Crippen LogP contribution >= 0.6 is 0 Å². The van der Waals surface area contributed by atoms with Gasteiger partial charge < -0.3 is 19.9 Å². The number of aryl methyl sites for hydroxylation is 1. The zero-order valence-electron chi connectivity index (χ0n) is 15.8. The minimum absolute atomic E-state index is 0.0176. The molecule has 0 bridgehead atoms. The predicted molar refractivity (Wildman–Crippen MR) is 103 cm³/mol. The molecule has 0 aliphatic carbocycles. The van der Waals surface area contributed by atoms with Gasteiger partial charge in [-0.25, -0.2) is 4.79 Å². The first-order valence-electron chi connectivity index (χ1n) is 9.66. The van der Waals surface area contributed by atoms with Crippen molar-refractivity contribution < 1.29 is 14.3 Å². The van der Waals surface area contributed by atoms with Crippen molar-refractivity contribution in [3.05, 3.63) is 23.8 Å². The van der Waals surface area contributed by atoms with Gasteiger partial charge in [0, 0.05) is 37.6 Å². The first-order valence-corrected chi connectivity index (χ1v) is 9.66. The summed E-state index contributed by atoms with van der Waals surface area (Å²) < 4.78 is 5.06. The number of hydrogen-bond donors (Lipinski definition) is 1. The number of rotatable bonds is 4. The van der Waals surface area contributed by atoms with Gasteiger partial charge >= 0.3 is 6.09 Å². The highest BCUT2D eigenvalue weighted by atomic mass is 16.6. The molecule has 0 aromatic heterocycles. The van der Waals surface area contributed by atoms with E-state index < -0.39 is 0 Å². The van der Waals surface area contributed by atoms with Crippen molar-refractivity contribution in [2.45, 2.75) is 39.5 Å². The summed E-state index contributed by atoms with van der Waals surface area (Å²) in [4.78, 5) is 28.6. The third-order valence-electron chi connectivity index (χ3n) is 5.26. The number of ether oxygens (including phenoxy) is 1. The lowest BCUT2D eigenvalue weighted by molar-refractivity contribution is -0.121. The molecule has 1 aromatic carbocycles. The molecule has 2 amide bonds. The summed E-state index contributed by atoms with van der Waals surface area (Å²) in [5.41, 5.74) is 3.15. The van der Waals surface area contributed by atoms with E-state index in [0.29, 0.717) is 19.7 Å². The topological polar surface area (TPSA) is 61.9 Å². The van der Waals surface area contributed by atoms with E-state index in [4.69, 9.17) is 4.74 Å². The minimum Gasteiger partial charge on any atom is -0.450 e. The molecule has 3 rings (SSSR count). The van der Waals surface area contributed by atoms with Crippen molar-refractivity contribution in [2.75, 3.05) is 43.0 Å². The Balaban J connectivity index is 1.61. The summed E-state index contributed by atoms with van der Waals surface area (Å²) >= 11 is 0. The van der Waals surface area contributed by atoms with Gasteiger partial charge in [0.25, 0.3) is 0 Å². The second-order valence-electron chi connectivity index (χ2n) is 7.17. The summed E-state index contributed by atoms with van der Waals surface area (Å²) in [6.07, 6.45) is 3.79. The van der Waals surface area contributed by atoms with Crippen molar-refractivity contribution in [1.29, 1.82) is 0 Å². The summed E-state index contributed by atoms with van der Waals surface area (Å²) in [5, 5.41) is 3.05. The molecule has 1 N–H and O–H groups in total. The molecule has 2 aliphatic heterocycles. The van der Waals surface area contributed by atoms with Crippen LogP contribution in [0.3, 0.4) is 0 Å². The summed E-state index contributed by atoms with van der Waals surface area (Å²) in [7, 11) is 0. The molecule has 0 spiro atoms. The third kappa shape index (κ3) is 4.29. The van der Waals surface area contributed by atoms with Crippen LogP contribution in [0.2, 0.25) is 0 Å². The maximum absolute atomic E-state index is 12.7. The number of likely N-dealkylation sites (tertiary alicyclic amines) is 1. The van der Waals surface area contributed by atoms with Gasteiger partial charge in [-0.15, -0.1) is 0 Å². The SMILES string of the molecule is CCOC(=O)N1CCCC(C(=O)Nc2ccc(N3CCCC3)cc2C)C1. The molecule has 26 heavy (non-hydrogen) atoms. The second-order valence-corrected chi connectivity index (χ2v) is 7.17. The predicted octanol–water partition coefficient (Wildman–Crippen LogP) is 3.40. The summed E-state index contributed by atoms with van der Waals surface area (Å²) in [5.74, 6) is -0.207. The van der Waals surface area contributed by atoms with Crippen LogP contribution in [0, 0.1) is 12.8 Å². The number of nitrogens with zero attached hydrogens (tertiary/aromatic N) is 2. The number of benzene rings is 1. The lowest BCUT2D eigenvalue weighted by Gasteiger charge is -2.31. The fourth-order valence-corrected chi connectivity index (χ4v) is 3.77. The molecule has 1 atom stereocenters. The number of piperidine rings is 1. The van der Waals surface area contributed by atoms with Gasteiger partial charge in [-0.2, -0.15) is 0 Å². The van der Waals surface area contributed by atoms with E-state index in [2.05, 4.69) is 22.3 Å². The van der Waals surface area contributed by atoms with Crippen LogP contribution in [-0.4, -0.2) is 49.7 Å². The van der Waals surface area contributed by atoms with Crippen LogP contribution in [0.5, 0.6) is 0 Å². The van der Waals surface area contributed by atoms with Crippen molar-refractivity contribution in [3.8, 4) is 0 Å². The maximum Gasteiger partial charge on any atom is 0.409 e. The third-order valence-corrected chi connectivity index (χ3v) is 5.26. The fraction of sp³-hybridized carbons (Fsp3) is 0.600. The van der Waals surface area contributed by atoms with Crippen LogP contribution in [0.1, 0.15) is 38.2 Å². The lowest BCUT2D eigenvalue weighted by Crippen LogP contribution is -2.44. The highest BCUT2D eigenvalue weighted by molar-refractivity contribution is 5.94. The Kier molecular flexibility index (Phi) is 6.01. The van der Waals surface area contributed by atoms with Gasteiger partial charge in [0.05, 0.1) is 12.5 Å². The summed E-state index contributed by atoms with van der Waals surface area (Å²) in [6, 6.07) is 6.22. The minimum atomic E-state index is -0.323. The maximum atomic E-state index is 12.7. The van der Waals surface area contributed by atoms with Gasteiger partial charge in [-0.3, -0.25) is 4.79 Å². The molecule has 2 heterocycles. The highest BCUT2D eigenvalue weighted by Gasteiger charge is 2.29. The molecule has 0 radical (unpaired) electrons. The number of hydrogen-bond acceptors (Lipinski definition) is 4. The van der Waals surface area contributed by atoms with Crippen molar-refractivity contribution in [2.24, 2.45) is 5.92 Å².